The summed E-state index contributed by atoms with van der Waals surface area (Å²) >= 11 is 5.54. The van der Waals surface area contributed by atoms with Crippen molar-refractivity contribution in [3.63, 3.8) is 0 Å². The quantitative estimate of drug-likeness (QED) is 0.559. The van der Waals surface area contributed by atoms with Crippen LogP contribution in [-0.2, 0) is 9.53 Å². The molecule has 1 aromatic carbocycles. The fourth-order valence-electron chi connectivity index (χ4n) is 3.16. The van der Waals surface area contributed by atoms with Crippen LogP contribution in [0.2, 0.25) is 0 Å². The number of esters is 1. The minimum absolute atomic E-state index is 0.426. The number of allylic oxidation sites excluding steroid dienone is 1. The normalized spacial score (nSPS) is 16.7. The van der Waals surface area contributed by atoms with E-state index in [1.54, 1.807) is 33.5 Å². The summed E-state index contributed by atoms with van der Waals surface area (Å²) in [6.07, 6.45) is 0.887. The molecular weight excluding hydrogens is 368 g/mol. The molecule has 0 spiro atoms. The third kappa shape index (κ3) is 3.95. The van der Waals surface area contributed by atoms with Gasteiger partial charge >= 0.3 is 5.97 Å². The van der Waals surface area contributed by atoms with Gasteiger partial charge in [0, 0.05) is 23.9 Å². The van der Waals surface area contributed by atoms with E-state index in [0.717, 1.165) is 12.1 Å². The van der Waals surface area contributed by atoms with Crippen molar-refractivity contribution in [3.8, 4) is 17.2 Å². The fourth-order valence-corrected chi connectivity index (χ4v) is 3.51. The van der Waals surface area contributed by atoms with Crippen LogP contribution in [0.4, 0.5) is 0 Å². The summed E-state index contributed by atoms with van der Waals surface area (Å²) in [5, 5.41) is 3.79. The summed E-state index contributed by atoms with van der Waals surface area (Å²) < 4.78 is 21.3. The predicted octanol–water partition coefficient (Wildman–Crippen LogP) is 2.80. The average Bonchev–Trinajstić information content (AvgIpc) is 2.68. The second kappa shape index (κ2) is 8.94. The molecule has 1 aliphatic heterocycles. The summed E-state index contributed by atoms with van der Waals surface area (Å²) in [5.74, 6) is 1.18. The maximum absolute atomic E-state index is 12.6. The van der Waals surface area contributed by atoms with Crippen LogP contribution in [0.15, 0.2) is 23.4 Å². The maximum atomic E-state index is 12.6. The number of hydrogen-bond donors (Lipinski definition) is 1. The van der Waals surface area contributed by atoms with Gasteiger partial charge in [0.25, 0.3) is 0 Å². The molecule has 0 bridgehead atoms. The third-order valence-corrected chi connectivity index (χ3v) is 4.83. The first-order chi connectivity index (χ1) is 12.9. The van der Waals surface area contributed by atoms with Gasteiger partial charge in [-0.15, -0.1) is 0 Å². The fraction of sp³-hybridized carbons (Fsp3) is 0.474. The number of carbonyl (C=O) groups is 1. The summed E-state index contributed by atoms with van der Waals surface area (Å²) in [7, 11) is 6.03. The molecule has 8 heteroatoms. The van der Waals surface area contributed by atoms with E-state index in [0.29, 0.717) is 40.0 Å². The lowest BCUT2D eigenvalue weighted by Crippen LogP contribution is -2.48. The Bertz CT molecular complexity index is 763. The van der Waals surface area contributed by atoms with Crippen molar-refractivity contribution in [2.45, 2.75) is 26.3 Å². The van der Waals surface area contributed by atoms with Gasteiger partial charge in [-0.3, -0.25) is 0 Å². The van der Waals surface area contributed by atoms with Gasteiger partial charge in [0.1, 0.15) is 5.75 Å². The number of hydrogen-bond acceptors (Lipinski definition) is 6. The summed E-state index contributed by atoms with van der Waals surface area (Å²) in [4.78, 5) is 14.5. The van der Waals surface area contributed by atoms with Gasteiger partial charge in [-0.05, 0) is 31.6 Å². The zero-order chi connectivity index (χ0) is 20.1. The second-order valence-corrected chi connectivity index (χ2v) is 6.36. The molecule has 1 N–H and O–H groups in total. The summed E-state index contributed by atoms with van der Waals surface area (Å²) in [6, 6.07) is 2.97. The smallest absolute Gasteiger partial charge is 0.337 e. The molecule has 1 unspecified atom stereocenters. The molecule has 0 saturated heterocycles. The minimum Gasteiger partial charge on any atom is -0.496 e. The lowest BCUT2D eigenvalue weighted by molar-refractivity contribution is -0.136. The molecule has 0 saturated carbocycles. The first-order valence-electron chi connectivity index (χ1n) is 8.60. The first-order valence-corrected chi connectivity index (χ1v) is 9.01. The predicted molar refractivity (Wildman–Crippen MR) is 106 cm³/mol. The molecule has 27 heavy (non-hydrogen) atoms. The Morgan fingerprint density at radius 2 is 1.70 bits per heavy atom. The van der Waals surface area contributed by atoms with Crippen LogP contribution < -0.4 is 19.5 Å². The van der Waals surface area contributed by atoms with Crippen LogP contribution in [-0.4, -0.2) is 51.0 Å². The van der Waals surface area contributed by atoms with E-state index in [4.69, 9.17) is 31.2 Å². The number of rotatable bonds is 7. The molecule has 148 valence electrons. The van der Waals surface area contributed by atoms with E-state index in [-0.39, 0.29) is 0 Å². The monoisotopic (exact) mass is 394 g/mol. The van der Waals surface area contributed by atoms with Crippen LogP contribution in [0.5, 0.6) is 17.2 Å². The molecule has 2 rings (SSSR count). The van der Waals surface area contributed by atoms with Gasteiger partial charge in [-0.2, -0.15) is 0 Å². The minimum atomic E-state index is -0.534. The molecule has 1 aromatic rings. The highest BCUT2D eigenvalue weighted by molar-refractivity contribution is 7.80. The maximum Gasteiger partial charge on any atom is 0.337 e. The number of carbonyl (C=O) groups excluding carboxylic acids is 1. The Morgan fingerprint density at radius 1 is 1.11 bits per heavy atom. The van der Waals surface area contributed by atoms with E-state index >= 15 is 0 Å². The second-order valence-electron chi connectivity index (χ2n) is 5.97. The van der Waals surface area contributed by atoms with Crippen LogP contribution in [0.1, 0.15) is 31.9 Å². The van der Waals surface area contributed by atoms with E-state index in [1.807, 2.05) is 11.8 Å². The van der Waals surface area contributed by atoms with Crippen molar-refractivity contribution in [2.24, 2.45) is 0 Å². The van der Waals surface area contributed by atoms with E-state index in [1.165, 1.54) is 7.11 Å². The topological polar surface area (TPSA) is 69.3 Å². The summed E-state index contributed by atoms with van der Waals surface area (Å²) in [6.45, 7) is 4.63. The van der Waals surface area contributed by atoms with Crippen molar-refractivity contribution in [2.75, 3.05) is 35.0 Å². The van der Waals surface area contributed by atoms with Crippen LogP contribution in [0.3, 0.4) is 0 Å². The highest BCUT2D eigenvalue weighted by Gasteiger charge is 2.36. The zero-order valence-corrected chi connectivity index (χ0v) is 17.4. The van der Waals surface area contributed by atoms with Crippen molar-refractivity contribution >= 4 is 23.3 Å². The number of methoxy groups -OCH3 is 4. The van der Waals surface area contributed by atoms with Crippen molar-refractivity contribution < 1.29 is 23.7 Å². The SMILES string of the molecule is CCCN1C(=S)NC(c2cc(OC)c(OC)cc2OC)C(C(=O)OC)=C1C. The lowest BCUT2D eigenvalue weighted by atomic mass is 9.93. The number of nitrogens with one attached hydrogen (secondary N) is 1. The highest BCUT2D eigenvalue weighted by Crippen LogP contribution is 2.41. The van der Waals surface area contributed by atoms with Gasteiger partial charge in [0.15, 0.2) is 16.6 Å². The zero-order valence-electron chi connectivity index (χ0n) is 16.5. The standard InChI is InChI=1S/C19H26N2O5S/c1-7-8-21-11(2)16(18(22)26-6)17(20-19(21)27)12-9-14(24-4)15(25-5)10-13(12)23-3/h9-10,17H,7-8H2,1-6H3,(H,20,27). The van der Waals surface area contributed by atoms with Crippen molar-refractivity contribution in [3.05, 3.63) is 29.0 Å². The van der Waals surface area contributed by atoms with Crippen LogP contribution in [0, 0.1) is 0 Å². The van der Waals surface area contributed by atoms with Gasteiger partial charge in [0.05, 0.1) is 40.1 Å². The largest absolute Gasteiger partial charge is 0.496 e. The molecule has 0 fully saturated rings. The van der Waals surface area contributed by atoms with E-state index < -0.39 is 12.0 Å². The Balaban J connectivity index is 2.68. The third-order valence-electron chi connectivity index (χ3n) is 4.50. The highest BCUT2D eigenvalue weighted by atomic mass is 32.1. The van der Waals surface area contributed by atoms with E-state index in [9.17, 15) is 4.79 Å². The molecule has 0 amide bonds. The van der Waals surface area contributed by atoms with Gasteiger partial charge < -0.3 is 29.2 Å². The Morgan fingerprint density at radius 3 is 2.22 bits per heavy atom. The first kappa shape index (κ1) is 20.8. The Labute approximate surface area is 165 Å². The van der Waals surface area contributed by atoms with Gasteiger partial charge in [-0.25, -0.2) is 4.79 Å². The lowest BCUT2D eigenvalue weighted by Gasteiger charge is -2.37. The molecule has 0 aliphatic carbocycles. The van der Waals surface area contributed by atoms with Crippen LogP contribution >= 0.6 is 12.2 Å². The summed E-state index contributed by atoms with van der Waals surface area (Å²) in [5.41, 5.74) is 1.94. The van der Waals surface area contributed by atoms with Crippen LogP contribution in [0.25, 0.3) is 0 Å². The average molecular weight is 394 g/mol. The Kier molecular flexibility index (Phi) is 6.90. The number of thiocarbonyl (C=S) groups is 1. The molecule has 1 heterocycles. The van der Waals surface area contributed by atoms with Gasteiger partial charge in [0.2, 0.25) is 0 Å². The number of benzene rings is 1. The van der Waals surface area contributed by atoms with Crippen molar-refractivity contribution in [1.82, 2.24) is 10.2 Å². The number of nitrogens with zero attached hydrogens (tertiary/aromatic N) is 1. The van der Waals surface area contributed by atoms with Crippen molar-refractivity contribution in [1.29, 1.82) is 0 Å². The molecule has 1 aliphatic rings. The molecule has 7 nitrogen and oxygen atoms in total. The molecule has 0 radical (unpaired) electrons. The number of ether oxygens (including phenoxy) is 4. The molecule has 0 aromatic heterocycles. The Hall–Kier alpha value is -2.48. The van der Waals surface area contributed by atoms with Gasteiger partial charge in [-0.1, -0.05) is 6.92 Å². The molecule has 1 atom stereocenters. The van der Waals surface area contributed by atoms with E-state index in [2.05, 4.69) is 12.2 Å². The molecular formula is C19H26N2O5S.